The molecule has 0 aromatic heterocycles. The second-order valence-electron chi connectivity index (χ2n) is 11.6. The Morgan fingerprint density at radius 3 is 2.36 bits per heavy atom. The van der Waals surface area contributed by atoms with Crippen LogP contribution in [0.4, 0.5) is 10.5 Å². The number of nitrogens with one attached hydrogen (secondary N) is 3. The maximum Gasteiger partial charge on any atom is 0.411 e. The van der Waals surface area contributed by atoms with Gasteiger partial charge in [0.15, 0.2) is 5.78 Å². The largest absolute Gasteiger partial charge is 0.446 e. The molecule has 1 aliphatic heterocycles. The summed E-state index contributed by atoms with van der Waals surface area (Å²) in [4.78, 5) is 42.6. The normalized spacial score (nSPS) is 15.6. The number of anilines is 1. The minimum absolute atomic E-state index is 0.0416. The molecular weight excluding hydrogens is 554 g/mol. The molecule has 9 nitrogen and oxygen atoms in total. The Kier molecular flexibility index (Phi) is 11.1. The fourth-order valence-corrected chi connectivity index (χ4v) is 5.52. The zero-order valence-corrected chi connectivity index (χ0v) is 25.5. The molecule has 5 rings (SSSR count). The summed E-state index contributed by atoms with van der Waals surface area (Å²) in [6.07, 6.45) is 3.44. The van der Waals surface area contributed by atoms with Crippen molar-refractivity contribution in [2.45, 2.75) is 37.8 Å². The molecule has 1 saturated carbocycles. The lowest BCUT2D eigenvalue weighted by atomic mass is 10.0. The average molecular weight is 598 g/mol. The SMILES string of the molecule is CN(CCNC(=O)c1cccc(C(=O)CNCCN2CCC(OC(=O)Nc3ccccc3-c3ccccc3)CC2)c1)C1CC1. The molecular formula is C35H43N5O4. The highest BCUT2D eigenvalue weighted by molar-refractivity contribution is 6.01. The van der Waals surface area contributed by atoms with E-state index in [2.05, 4.69) is 32.8 Å². The van der Waals surface area contributed by atoms with Gasteiger partial charge in [0.25, 0.3) is 5.91 Å². The highest BCUT2D eigenvalue weighted by Crippen LogP contribution is 2.28. The van der Waals surface area contributed by atoms with E-state index in [1.54, 1.807) is 24.3 Å². The van der Waals surface area contributed by atoms with Crippen LogP contribution < -0.4 is 16.0 Å². The van der Waals surface area contributed by atoms with Crippen molar-refractivity contribution in [2.24, 2.45) is 0 Å². The van der Waals surface area contributed by atoms with Crippen LogP contribution in [0.15, 0.2) is 78.9 Å². The quantitative estimate of drug-likeness (QED) is 0.183. The van der Waals surface area contributed by atoms with Gasteiger partial charge in [0, 0.05) is 62.0 Å². The molecule has 2 fully saturated rings. The maximum absolute atomic E-state index is 12.8. The smallest absolute Gasteiger partial charge is 0.411 e. The van der Waals surface area contributed by atoms with E-state index < -0.39 is 6.09 Å². The highest BCUT2D eigenvalue weighted by Gasteiger charge is 2.25. The summed E-state index contributed by atoms with van der Waals surface area (Å²) in [5.41, 5.74) is 3.74. The van der Waals surface area contributed by atoms with Crippen LogP contribution in [0.5, 0.6) is 0 Å². The third kappa shape index (κ3) is 9.22. The van der Waals surface area contributed by atoms with Gasteiger partial charge in [-0.15, -0.1) is 0 Å². The van der Waals surface area contributed by atoms with Gasteiger partial charge in [-0.2, -0.15) is 0 Å². The summed E-state index contributed by atoms with van der Waals surface area (Å²) in [6, 6.07) is 25.3. The molecule has 1 saturated heterocycles. The molecule has 2 amide bonds. The summed E-state index contributed by atoms with van der Waals surface area (Å²) in [7, 11) is 2.09. The predicted octanol–water partition coefficient (Wildman–Crippen LogP) is 4.66. The topological polar surface area (TPSA) is 103 Å². The van der Waals surface area contributed by atoms with Crippen LogP contribution in [0.3, 0.4) is 0 Å². The lowest BCUT2D eigenvalue weighted by Crippen LogP contribution is -2.42. The first-order valence-electron chi connectivity index (χ1n) is 15.6. The summed E-state index contributed by atoms with van der Waals surface area (Å²) in [5.74, 6) is -0.196. The number of Topliss-reactive ketones (excluding diaryl/α,β-unsaturated/α-hetero) is 1. The number of carbonyl (C=O) groups is 3. The number of ketones is 1. The summed E-state index contributed by atoms with van der Waals surface area (Å²) < 4.78 is 5.74. The van der Waals surface area contributed by atoms with Crippen molar-refractivity contribution >= 4 is 23.5 Å². The molecule has 44 heavy (non-hydrogen) atoms. The van der Waals surface area contributed by atoms with Crippen molar-refractivity contribution < 1.29 is 19.1 Å². The number of ether oxygens (including phenoxy) is 1. The third-order valence-electron chi connectivity index (χ3n) is 8.31. The molecule has 0 bridgehead atoms. The number of para-hydroxylation sites is 1. The lowest BCUT2D eigenvalue weighted by molar-refractivity contribution is 0.0593. The Bertz CT molecular complexity index is 1400. The van der Waals surface area contributed by atoms with Gasteiger partial charge < -0.3 is 25.2 Å². The Hall–Kier alpha value is -4.05. The van der Waals surface area contributed by atoms with E-state index in [1.165, 1.54) is 12.8 Å². The monoisotopic (exact) mass is 597 g/mol. The Morgan fingerprint density at radius 1 is 0.864 bits per heavy atom. The van der Waals surface area contributed by atoms with Gasteiger partial charge in [0.2, 0.25) is 0 Å². The molecule has 0 radical (unpaired) electrons. The maximum atomic E-state index is 12.8. The Labute approximate surface area is 260 Å². The van der Waals surface area contributed by atoms with Crippen LogP contribution in [0, 0.1) is 0 Å². The number of hydrogen-bond acceptors (Lipinski definition) is 7. The molecule has 0 spiro atoms. The van der Waals surface area contributed by atoms with E-state index in [-0.39, 0.29) is 24.3 Å². The molecule has 9 heteroatoms. The van der Waals surface area contributed by atoms with Crippen LogP contribution >= 0.6 is 0 Å². The first-order chi connectivity index (χ1) is 21.5. The first-order valence-corrected chi connectivity index (χ1v) is 15.6. The molecule has 3 aromatic carbocycles. The van der Waals surface area contributed by atoms with Gasteiger partial charge in [-0.05, 0) is 56.5 Å². The zero-order valence-electron chi connectivity index (χ0n) is 25.5. The second-order valence-corrected chi connectivity index (χ2v) is 11.6. The van der Waals surface area contributed by atoms with E-state index in [0.29, 0.717) is 30.3 Å². The molecule has 1 aliphatic carbocycles. The number of piperidine rings is 1. The molecule has 0 atom stereocenters. The van der Waals surface area contributed by atoms with Gasteiger partial charge >= 0.3 is 6.09 Å². The number of rotatable bonds is 14. The number of carbonyl (C=O) groups excluding carboxylic acids is 3. The lowest BCUT2D eigenvalue weighted by Gasteiger charge is -2.31. The molecule has 2 aliphatic rings. The molecule has 3 N–H and O–H groups in total. The van der Waals surface area contributed by atoms with Gasteiger partial charge in [0.1, 0.15) is 6.10 Å². The van der Waals surface area contributed by atoms with Crippen molar-refractivity contribution in [3.8, 4) is 11.1 Å². The minimum Gasteiger partial charge on any atom is -0.446 e. The van der Waals surface area contributed by atoms with Crippen LogP contribution in [0.25, 0.3) is 11.1 Å². The zero-order chi connectivity index (χ0) is 30.7. The second kappa shape index (κ2) is 15.6. The Morgan fingerprint density at radius 2 is 1.59 bits per heavy atom. The van der Waals surface area contributed by atoms with Crippen molar-refractivity contribution in [2.75, 3.05) is 58.2 Å². The number of amides is 2. The standard InChI is InChI=1S/C35H43N5O4/c1-39(29-14-15-29)22-19-37-34(42)28-11-7-10-27(24-28)33(41)25-36-18-23-40-20-16-30(17-21-40)44-35(43)38-32-13-6-5-12-31(32)26-8-3-2-4-9-26/h2-13,24,29-30,36H,14-23,25H2,1H3,(H,37,42)(H,38,43). The molecule has 232 valence electrons. The van der Waals surface area contributed by atoms with E-state index in [0.717, 1.165) is 55.8 Å². The summed E-state index contributed by atoms with van der Waals surface area (Å²) in [5, 5.41) is 9.12. The van der Waals surface area contributed by atoms with Crippen LogP contribution in [0.1, 0.15) is 46.4 Å². The van der Waals surface area contributed by atoms with Crippen LogP contribution in [0.2, 0.25) is 0 Å². The summed E-state index contributed by atoms with van der Waals surface area (Å²) in [6.45, 7) is 4.73. The minimum atomic E-state index is -0.435. The number of benzene rings is 3. The van der Waals surface area contributed by atoms with Crippen molar-refractivity contribution in [3.05, 3.63) is 90.0 Å². The van der Waals surface area contributed by atoms with E-state index in [4.69, 9.17) is 4.74 Å². The fraction of sp³-hybridized carbons (Fsp3) is 0.400. The number of likely N-dealkylation sites (N-methyl/N-ethyl adjacent to an activating group) is 1. The highest BCUT2D eigenvalue weighted by atomic mass is 16.6. The number of likely N-dealkylation sites (tertiary alicyclic amines) is 1. The van der Waals surface area contributed by atoms with Crippen LogP contribution in [-0.4, -0.2) is 92.6 Å². The van der Waals surface area contributed by atoms with Gasteiger partial charge in [-0.1, -0.05) is 60.7 Å². The van der Waals surface area contributed by atoms with E-state index >= 15 is 0 Å². The molecule has 3 aromatic rings. The van der Waals surface area contributed by atoms with Gasteiger partial charge in [-0.25, -0.2) is 4.79 Å². The summed E-state index contributed by atoms with van der Waals surface area (Å²) >= 11 is 0. The third-order valence-corrected chi connectivity index (χ3v) is 8.31. The van der Waals surface area contributed by atoms with Crippen LogP contribution in [-0.2, 0) is 4.74 Å². The van der Waals surface area contributed by atoms with Crippen molar-refractivity contribution in [1.29, 1.82) is 0 Å². The Balaban J connectivity index is 0.974. The first kappa shape index (κ1) is 31.4. The predicted molar refractivity (Wildman–Crippen MR) is 173 cm³/mol. The van der Waals surface area contributed by atoms with Crippen molar-refractivity contribution in [3.63, 3.8) is 0 Å². The van der Waals surface area contributed by atoms with E-state index in [9.17, 15) is 14.4 Å². The van der Waals surface area contributed by atoms with Crippen molar-refractivity contribution in [1.82, 2.24) is 20.4 Å². The number of hydrogen-bond donors (Lipinski definition) is 3. The number of nitrogens with zero attached hydrogens (tertiary/aromatic N) is 2. The average Bonchev–Trinajstić information content (AvgIpc) is 3.90. The van der Waals surface area contributed by atoms with Gasteiger partial charge in [-0.3, -0.25) is 14.9 Å². The molecule has 0 unspecified atom stereocenters. The van der Waals surface area contributed by atoms with E-state index in [1.807, 2.05) is 54.6 Å². The fourth-order valence-electron chi connectivity index (χ4n) is 5.52. The van der Waals surface area contributed by atoms with Gasteiger partial charge in [0.05, 0.1) is 12.2 Å². The molecule has 1 heterocycles.